The van der Waals surface area contributed by atoms with Crippen LogP contribution in [0, 0.1) is 17.8 Å². The summed E-state index contributed by atoms with van der Waals surface area (Å²) in [6.45, 7) is 8.45. The predicted octanol–water partition coefficient (Wildman–Crippen LogP) is 3.21. The quantitative estimate of drug-likeness (QED) is 0.463. The van der Waals surface area contributed by atoms with Crippen molar-refractivity contribution < 1.29 is 0 Å². The minimum absolute atomic E-state index is 0.850. The van der Waals surface area contributed by atoms with Gasteiger partial charge in [0.2, 0.25) is 0 Å². The van der Waals surface area contributed by atoms with Crippen LogP contribution in [0.3, 0.4) is 0 Å². The Labute approximate surface area is 89.7 Å². The van der Waals surface area contributed by atoms with Gasteiger partial charge < -0.3 is 5.32 Å². The van der Waals surface area contributed by atoms with Crippen LogP contribution in [-0.2, 0) is 0 Å². The maximum Gasteiger partial charge on any atom is 0.0576 e. The van der Waals surface area contributed by atoms with Crippen LogP contribution in [0.1, 0.15) is 52.9 Å². The van der Waals surface area contributed by atoms with E-state index < -0.39 is 0 Å². The predicted molar refractivity (Wildman–Crippen MR) is 64.2 cm³/mol. The lowest BCUT2D eigenvalue weighted by molar-refractivity contribution is 0.515. The lowest BCUT2D eigenvalue weighted by atomic mass is 10.0. The Morgan fingerprint density at radius 2 is 1.79 bits per heavy atom. The van der Waals surface area contributed by atoms with Gasteiger partial charge >= 0.3 is 0 Å². The lowest BCUT2D eigenvalue weighted by Gasteiger charge is -2.04. The van der Waals surface area contributed by atoms with Gasteiger partial charge in [-0.05, 0) is 25.8 Å². The Hall–Kier alpha value is -0.480. The summed E-state index contributed by atoms with van der Waals surface area (Å²) in [5.74, 6) is 6.75. The number of hydrogen-bond acceptors (Lipinski definition) is 1. The van der Waals surface area contributed by atoms with Crippen molar-refractivity contribution in [2.24, 2.45) is 5.92 Å². The minimum atomic E-state index is 0.850. The molecule has 14 heavy (non-hydrogen) atoms. The molecule has 0 heterocycles. The minimum Gasteiger partial charge on any atom is -0.306 e. The number of hydrogen-bond donors (Lipinski definition) is 1. The van der Waals surface area contributed by atoms with E-state index >= 15 is 0 Å². The standard InChI is InChI=1S/C13H25N/c1-4-5-11-14-12-9-7-6-8-10-13(2)3/h13-14H,6-12H2,1-3H3. The van der Waals surface area contributed by atoms with Crippen molar-refractivity contribution in [1.29, 1.82) is 0 Å². The zero-order chi connectivity index (χ0) is 10.6. The summed E-state index contributed by atoms with van der Waals surface area (Å²) in [4.78, 5) is 0. The van der Waals surface area contributed by atoms with Crippen LogP contribution in [0.4, 0.5) is 0 Å². The second-order valence-electron chi connectivity index (χ2n) is 4.20. The molecule has 0 aliphatic heterocycles. The van der Waals surface area contributed by atoms with Crippen molar-refractivity contribution in [3.63, 3.8) is 0 Å². The van der Waals surface area contributed by atoms with Gasteiger partial charge in [0, 0.05) is 0 Å². The molecule has 0 atom stereocenters. The highest BCUT2D eigenvalue weighted by molar-refractivity contribution is 4.96. The Morgan fingerprint density at radius 3 is 2.43 bits per heavy atom. The molecule has 0 rings (SSSR count). The van der Waals surface area contributed by atoms with Crippen molar-refractivity contribution in [2.45, 2.75) is 52.9 Å². The average molecular weight is 195 g/mol. The van der Waals surface area contributed by atoms with E-state index in [9.17, 15) is 0 Å². The molecule has 1 N–H and O–H groups in total. The number of unbranched alkanes of at least 4 members (excludes halogenated alkanes) is 3. The van der Waals surface area contributed by atoms with E-state index in [2.05, 4.69) is 31.0 Å². The molecule has 82 valence electrons. The Bertz CT molecular complexity index is 162. The second kappa shape index (κ2) is 10.6. The normalized spacial score (nSPS) is 10.0. The smallest absolute Gasteiger partial charge is 0.0576 e. The summed E-state index contributed by atoms with van der Waals surface area (Å²) in [6.07, 6.45) is 6.82. The molecule has 1 heteroatoms. The molecular weight excluding hydrogens is 170 g/mol. The Morgan fingerprint density at radius 1 is 1.07 bits per heavy atom. The van der Waals surface area contributed by atoms with E-state index in [0.717, 1.165) is 19.0 Å². The first-order valence-electron chi connectivity index (χ1n) is 5.87. The van der Waals surface area contributed by atoms with Gasteiger partial charge in [0.05, 0.1) is 6.54 Å². The molecule has 0 radical (unpaired) electrons. The summed E-state index contributed by atoms with van der Waals surface area (Å²) in [6, 6.07) is 0. The third-order valence-corrected chi connectivity index (χ3v) is 2.28. The summed E-state index contributed by atoms with van der Waals surface area (Å²) >= 11 is 0. The fourth-order valence-corrected chi connectivity index (χ4v) is 1.40. The monoisotopic (exact) mass is 195 g/mol. The Kier molecular flexibility index (Phi) is 10.2. The van der Waals surface area contributed by atoms with Crippen LogP contribution in [0.5, 0.6) is 0 Å². The van der Waals surface area contributed by atoms with Crippen molar-refractivity contribution in [3.8, 4) is 11.8 Å². The highest BCUT2D eigenvalue weighted by atomic mass is 14.8. The molecule has 0 saturated carbocycles. The van der Waals surface area contributed by atoms with E-state index in [-0.39, 0.29) is 0 Å². The zero-order valence-electron chi connectivity index (χ0n) is 10.0. The second-order valence-corrected chi connectivity index (χ2v) is 4.20. The van der Waals surface area contributed by atoms with Gasteiger partial charge in [-0.2, -0.15) is 0 Å². The van der Waals surface area contributed by atoms with E-state index in [0.29, 0.717) is 0 Å². The van der Waals surface area contributed by atoms with Gasteiger partial charge in [0.15, 0.2) is 0 Å². The summed E-state index contributed by atoms with van der Waals surface area (Å²) < 4.78 is 0. The van der Waals surface area contributed by atoms with Gasteiger partial charge in [-0.25, -0.2) is 0 Å². The first kappa shape index (κ1) is 13.5. The van der Waals surface area contributed by atoms with Crippen molar-refractivity contribution in [3.05, 3.63) is 0 Å². The first-order valence-corrected chi connectivity index (χ1v) is 5.87. The SMILES string of the molecule is CC#CCNCCCCCCC(C)C. The molecule has 0 unspecified atom stereocenters. The maximum atomic E-state index is 3.31. The third kappa shape index (κ3) is 11.5. The van der Waals surface area contributed by atoms with Crippen molar-refractivity contribution in [2.75, 3.05) is 13.1 Å². The van der Waals surface area contributed by atoms with Crippen LogP contribution in [-0.4, -0.2) is 13.1 Å². The van der Waals surface area contributed by atoms with E-state index in [1.165, 1.54) is 32.1 Å². The molecule has 0 saturated heterocycles. The highest BCUT2D eigenvalue weighted by Gasteiger charge is 1.93. The van der Waals surface area contributed by atoms with Crippen LogP contribution in [0.25, 0.3) is 0 Å². The van der Waals surface area contributed by atoms with Crippen LogP contribution in [0.2, 0.25) is 0 Å². The van der Waals surface area contributed by atoms with E-state index in [4.69, 9.17) is 0 Å². The number of rotatable bonds is 8. The molecule has 0 aromatic carbocycles. The van der Waals surface area contributed by atoms with Gasteiger partial charge in [-0.15, -0.1) is 5.92 Å². The van der Waals surface area contributed by atoms with Gasteiger partial charge in [0.25, 0.3) is 0 Å². The molecule has 0 amide bonds. The topological polar surface area (TPSA) is 12.0 Å². The molecule has 0 bridgehead atoms. The first-order chi connectivity index (χ1) is 6.77. The fraction of sp³-hybridized carbons (Fsp3) is 0.846. The zero-order valence-corrected chi connectivity index (χ0v) is 10.0. The molecule has 1 nitrogen and oxygen atoms in total. The van der Waals surface area contributed by atoms with Gasteiger partial charge in [-0.3, -0.25) is 0 Å². The van der Waals surface area contributed by atoms with Gasteiger partial charge in [-0.1, -0.05) is 45.5 Å². The molecule has 0 aromatic rings. The molecular formula is C13H25N. The van der Waals surface area contributed by atoms with Crippen LogP contribution >= 0.6 is 0 Å². The van der Waals surface area contributed by atoms with Crippen molar-refractivity contribution in [1.82, 2.24) is 5.32 Å². The molecule has 0 spiro atoms. The van der Waals surface area contributed by atoms with E-state index in [1.807, 2.05) is 6.92 Å². The maximum absolute atomic E-state index is 3.31. The third-order valence-electron chi connectivity index (χ3n) is 2.28. The highest BCUT2D eigenvalue weighted by Crippen LogP contribution is 2.08. The average Bonchev–Trinajstić information content (AvgIpc) is 2.15. The Balaban J connectivity index is 2.94. The molecule has 0 fully saturated rings. The van der Waals surface area contributed by atoms with Crippen LogP contribution in [0.15, 0.2) is 0 Å². The summed E-state index contributed by atoms with van der Waals surface area (Å²) in [5.41, 5.74) is 0. The van der Waals surface area contributed by atoms with Crippen molar-refractivity contribution >= 4 is 0 Å². The summed E-state index contributed by atoms with van der Waals surface area (Å²) in [5, 5.41) is 3.31. The molecule has 0 aliphatic rings. The fourth-order valence-electron chi connectivity index (χ4n) is 1.40. The van der Waals surface area contributed by atoms with Gasteiger partial charge in [0.1, 0.15) is 0 Å². The molecule has 0 aromatic heterocycles. The number of nitrogens with one attached hydrogen (secondary N) is 1. The van der Waals surface area contributed by atoms with Crippen LogP contribution < -0.4 is 5.32 Å². The molecule has 0 aliphatic carbocycles. The largest absolute Gasteiger partial charge is 0.306 e. The lowest BCUT2D eigenvalue weighted by Crippen LogP contribution is -2.15. The van der Waals surface area contributed by atoms with E-state index in [1.54, 1.807) is 0 Å². The summed E-state index contributed by atoms with van der Waals surface area (Å²) in [7, 11) is 0.